The number of amides is 1. The lowest BCUT2D eigenvalue weighted by atomic mass is 10.1. The van der Waals surface area contributed by atoms with Crippen molar-refractivity contribution in [2.75, 3.05) is 11.4 Å². The van der Waals surface area contributed by atoms with Crippen molar-refractivity contribution in [3.05, 3.63) is 63.6 Å². The first-order chi connectivity index (χ1) is 10.2. The van der Waals surface area contributed by atoms with Gasteiger partial charge in [-0.25, -0.2) is 4.79 Å². The topological polar surface area (TPSA) is 29.5 Å². The van der Waals surface area contributed by atoms with Crippen LogP contribution < -0.4 is 4.90 Å². The van der Waals surface area contributed by atoms with Crippen molar-refractivity contribution in [3.63, 3.8) is 0 Å². The van der Waals surface area contributed by atoms with E-state index in [-0.39, 0.29) is 6.09 Å². The van der Waals surface area contributed by atoms with Crippen molar-refractivity contribution in [1.29, 1.82) is 0 Å². The minimum atomic E-state index is -0.288. The highest BCUT2D eigenvalue weighted by Crippen LogP contribution is 2.37. The molecule has 4 heteroatoms. The lowest BCUT2D eigenvalue weighted by molar-refractivity contribution is 0.147. The molecule has 2 aromatic carbocycles. The molecule has 1 aliphatic heterocycles. The number of rotatable bonds is 2. The van der Waals surface area contributed by atoms with E-state index in [2.05, 4.69) is 28.9 Å². The number of halogens is 1. The zero-order chi connectivity index (χ0) is 14.8. The molecule has 2 aromatic rings. The van der Waals surface area contributed by atoms with Crippen molar-refractivity contribution >= 4 is 27.7 Å². The van der Waals surface area contributed by atoms with E-state index in [0.29, 0.717) is 13.2 Å². The predicted octanol–water partition coefficient (Wildman–Crippen LogP) is 4.46. The number of anilines is 1. The minimum Gasteiger partial charge on any atom is -0.444 e. The second-order valence-corrected chi connectivity index (χ2v) is 5.99. The van der Waals surface area contributed by atoms with Crippen molar-refractivity contribution < 1.29 is 9.53 Å². The van der Waals surface area contributed by atoms with E-state index in [4.69, 9.17) is 4.74 Å². The number of benzene rings is 2. The van der Waals surface area contributed by atoms with Gasteiger partial charge in [0.1, 0.15) is 6.61 Å². The predicted molar refractivity (Wildman–Crippen MR) is 86.6 cm³/mol. The summed E-state index contributed by atoms with van der Waals surface area (Å²) < 4.78 is 6.37. The van der Waals surface area contributed by atoms with Gasteiger partial charge in [-0.1, -0.05) is 36.4 Å². The van der Waals surface area contributed by atoms with Gasteiger partial charge in [-0.05, 0) is 52.0 Å². The molecule has 0 radical (unpaired) electrons. The van der Waals surface area contributed by atoms with Crippen LogP contribution >= 0.6 is 15.9 Å². The van der Waals surface area contributed by atoms with Gasteiger partial charge in [0.15, 0.2) is 0 Å². The molecule has 3 nitrogen and oxygen atoms in total. The van der Waals surface area contributed by atoms with Crippen LogP contribution in [0, 0.1) is 6.92 Å². The Morgan fingerprint density at radius 2 is 2.00 bits per heavy atom. The van der Waals surface area contributed by atoms with Gasteiger partial charge >= 0.3 is 6.09 Å². The fourth-order valence-electron chi connectivity index (χ4n) is 2.63. The maximum Gasteiger partial charge on any atom is 0.414 e. The third-order valence-electron chi connectivity index (χ3n) is 3.75. The molecule has 0 saturated heterocycles. The molecule has 1 heterocycles. The first-order valence-corrected chi connectivity index (χ1v) is 7.72. The quantitative estimate of drug-likeness (QED) is 0.804. The Labute approximate surface area is 132 Å². The zero-order valence-corrected chi connectivity index (χ0v) is 13.4. The van der Waals surface area contributed by atoms with E-state index in [0.717, 1.165) is 22.1 Å². The number of nitrogens with zero attached hydrogens (tertiary/aromatic N) is 1. The molecule has 0 saturated carbocycles. The Morgan fingerprint density at radius 3 is 2.76 bits per heavy atom. The average Bonchev–Trinajstić information content (AvgIpc) is 2.96. The number of fused-ring (bicyclic) bond motifs is 1. The van der Waals surface area contributed by atoms with E-state index < -0.39 is 0 Å². The first-order valence-electron chi connectivity index (χ1n) is 6.93. The maximum atomic E-state index is 12.3. The largest absolute Gasteiger partial charge is 0.444 e. The molecule has 0 N–H and O–H groups in total. The van der Waals surface area contributed by atoms with Gasteiger partial charge in [-0.15, -0.1) is 0 Å². The molecule has 0 spiro atoms. The summed E-state index contributed by atoms with van der Waals surface area (Å²) in [6.07, 6.45) is 0.588. The number of carbonyl (C=O) groups excluding carboxylic acids is 1. The highest BCUT2D eigenvalue weighted by atomic mass is 79.9. The monoisotopic (exact) mass is 345 g/mol. The van der Waals surface area contributed by atoms with Crippen molar-refractivity contribution in [3.8, 4) is 0 Å². The van der Waals surface area contributed by atoms with Crippen LogP contribution in [-0.2, 0) is 17.8 Å². The Balaban J connectivity index is 1.75. The van der Waals surface area contributed by atoms with Crippen LogP contribution in [0.1, 0.15) is 16.7 Å². The maximum absolute atomic E-state index is 12.3. The summed E-state index contributed by atoms with van der Waals surface area (Å²) in [5, 5.41) is 0. The summed E-state index contributed by atoms with van der Waals surface area (Å²) in [4.78, 5) is 14.0. The molecule has 21 heavy (non-hydrogen) atoms. The van der Waals surface area contributed by atoms with E-state index in [9.17, 15) is 4.79 Å². The molecule has 0 aliphatic carbocycles. The summed E-state index contributed by atoms with van der Waals surface area (Å²) >= 11 is 3.54. The van der Waals surface area contributed by atoms with Crippen LogP contribution in [0.3, 0.4) is 0 Å². The molecule has 0 atom stereocenters. The number of hydrogen-bond donors (Lipinski definition) is 0. The lowest BCUT2D eigenvalue weighted by Crippen LogP contribution is -2.29. The molecular formula is C17H16BrNO2. The second kappa shape index (κ2) is 5.90. The number of carbonyl (C=O) groups is 1. The molecule has 0 unspecified atom stereocenters. The smallest absolute Gasteiger partial charge is 0.414 e. The fraction of sp³-hybridized carbons (Fsp3) is 0.235. The molecule has 3 rings (SSSR count). The standard InChI is InChI=1S/C17H16BrNO2/c1-12-7-8-15(18)16-14(12)9-10-19(16)17(20)21-11-13-5-3-2-4-6-13/h2-8H,9-11H2,1H3. The van der Waals surface area contributed by atoms with Gasteiger partial charge in [-0.3, -0.25) is 4.90 Å². The van der Waals surface area contributed by atoms with Gasteiger partial charge in [-0.2, -0.15) is 0 Å². The van der Waals surface area contributed by atoms with E-state index >= 15 is 0 Å². The summed E-state index contributed by atoms with van der Waals surface area (Å²) in [6.45, 7) is 3.05. The molecular weight excluding hydrogens is 330 g/mol. The highest BCUT2D eigenvalue weighted by Gasteiger charge is 2.29. The zero-order valence-electron chi connectivity index (χ0n) is 11.8. The van der Waals surface area contributed by atoms with Crippen LogP contribution in [0.5, 0.6) is 0 Å². The Hall–Kier alpha value is -1.81. The van der Waals surface area contributed by atoms with Gasteiger partial charge < -0.3 is 4.74 Å². The highest BCUT2D eigenvalue weighted by molar-refractivity contribution is 9.10. The summed E-state index contributed by atoms with van der Waals surface area (Å²) in [7, 11) is 0. The molecule has 0 fully saturated rings. The summed E-state index contributed by atoms with van der Waals surface area (Å²) in [6, 6.07) is 13.8. The molecule has 1 amide bonds. The third-order valence-corrected chi connectivity index (χ3v) is 4.39. The van der Waals surface area contributed by atoms with E-state index in [1.807, 2.05) is 36.4 Å². The van der Waals surface area contributed by atoms with Gasteiger partial charge in [0.2, 0.25) is 0 Å². The lowest BCUT2D eigenvalue weighted by Gasteiger charge is -2.18. The Bertz CT molecular complexity index is 670. The Kier molecular flexibility index (Phi) is 3.97. The van der Waals surface area contributed by atoms with Crippen molar-refractivity contribution in [2.45, 2.75) is 20.0 Å². The Morgan fingerprint density at radius 1 is 1.24 bits per heavy atom. The van der Waals surface area contributed by atoms with Crippen molar-refractivity contribution in [2.24, 2.45) is 0 Å². The summed E-state index contributed by atoms with van der Waals surface area (Å²) in [5.74, 6) is 0. The fourth-order valence-corrected chi connectivity index (χ4v) is 3.22. The normalized spacial score (nSPS) is 13.1. The van der Waals surface area contributed by atoms with Crippen LogP contribution in [0.4, 0.5) is 10.5 Å². The van der Waals surface area contributed by atoms with Crippen LogP contribution in [0.25, 0.3) is 0 Å². The number of hydrogen-bond acceptors (Lipinski definition) is 2. The van der Waals surface area contributed by atoms with Crippen molar-refractivity contribution in [1.82, 2.24) is 0 Å². The minimum absolute atomic E-state index is 0.288. The van der Waals surface area contributed by atoms with E-state index in [1.165, 1.54) is 11.1 Å². The number of aryl methyl sites for hydroxylation is 1. The number of ether oxygens (including phenoxy) is 1. The van der Waals surface area contributed by atoms with Crippen LogP contribution in [0.15, 0.2) is 46.9 Å². The molecule has 0 aromatic heterocycles. The van der Waals surface area contributed by atoms with E-state index in [1.54, 1.807) is 4.90 Å². The second-order valence-electron chi connectivity index (χ2n) is 5.13. The first kappa shape index (κ1) is 14.1. The SMILES string of the molecule is Cc1ccc(Br)c2c1CCN2C(=O)OCc1ccccc1. The van der Waals surface area contributed by atoms with Crippen LogP contribution in [-0.4, -0.2) is 12.6 Å². The molecule has 1 aliphatic rings. The van der Waals surface area contributed by atoms with Gasteiger partial charge in [0.25, 0.3) is 0 Å². The van der Waals surface area contributed by atoms with Gasteiger partial charge in [0.05, 0.1) is 5.69 Å². The molecule has 108 valence electrons. The molecule has 0 bridgehead atoms. The van der Waals surface area contributed by atoms with Crippen LogP contribution in [0.2, 0.25) is 0 Å². The average molecular weight is 346 g/mol. The summed E-state index contributed by atoms with van der Waals surface area (Å²) in [5.41, 5.74) is 4.38. The van der Waals surface area contributed by atoms with Gasteiger partial charge in [0, 0.05) is 11.0 Å². The third kappa shape index (κ3) is 2.81.